The number of aliphatic carboxylic acids is 1. The van der Waals surface area contributed by atoms with E-state index in [4.69, 9.17) is 33.0 Å². The maximum absolute atomic E-state index is 13.9. The van der Waals surface area contributed by atoms with Gasteiger partial charge in [0, 0.05) is 11.6 Å². The van der Waals surface area contributed by atoms with E-state index in [1.165, 1.54) is 6.07 Å². The molecule has 0 fully saturated rings. The third-order valence-corrected chi connectivity index (χ3v) is 2.83. The van der Waals surface area contributed by atoms with Gasteiger partial charge in [-0.3, -0.25) is 0 Å². The van der Waals surface area contributed by atoms with Gasteiger partial charge >= 0.3 is 5.97 Å². The fourth-order valence-electron chi connectivity index (χ4n) is 1.42. The lowest BCUT2D eigenvalue weighted by Gasteiger charge is -2.19. The number of ether oxygens (including phenoxy) is 2. The van der Waals surface area contributed by atoms with Crippen LogP contribution in [-0.4, -0.2) is 30.9 Å². The number of hydrogen-bond acceptors (Lipinski definition) is 3. The first kappa shape index (κ1) is 16.9. The normalized spacial score (nSPS) is 11.4. The summed E-state index contributed by atoms with van der Waals surface area (Å²) in [6, 6.07) is 2.17. The Morgan fingerprint density at radius 1 is 1.35 bits per heavy atom. The highest BCUT2D eigenvalue weighted by Crippen LogP contribution is 2.39. The number of benzene rings is 1. The van der Waals surface area contributed by atoms with Crippen molar-refractivity contribution >= 4 is 29.2 Å². The lowest BCUT2D eigenvalue weighted by atomic mass is 10.1. The van der Waals surface area contributed by atoms with E-state index in [-0.39, 0.29) is 15.8 Å². The molecule has 112 valence electrons. The first-order chi connectivity index (χ1) is 9.27. The van der Waals surface area contributed by atoms with Gasteiger partial charge in [-0.05, 0) is 13.0 Å². The number of hydrogen-bond donors (Lipinski definition) is 1. The van der Waals surface area contributed by atoms with Gasteiger partial charge in [-0.2, -0.15) is 8.78 Å². The maximum Gasteiger partial charge on any atom is 0.329 e. The van der Waals surface area contributed by atoms with Gasteiger partial charge in [0.25, 0.3) is 5.92 Å². The Morgan fingerprint density at radius 2 is 2.00 bits per heavy atom. The zero-order chi connectivity index (χ0) is 15.3. The zero-order valence-electron chi connectivity index (χ0n) is 10.5. The number of carboxylic acid groups (broad SMARTS) is 1. The third-order valence-electron chi connectivity index (χ3n) is 2.22. The molecular formula is C12H12Cl2F2O4. The summed E-state index contributed by atoms with van der Waals surface area (Å²) < 4.78 is 37.3. The smallest absolute Gasteiger partial charge is 0.329 e. The van der Waals surface area contributed by atoms with Gasteiger partial charge in [0.2, 0.25) is 0 Å². The van der Waals surface area contributed by atoms with Crippen LogP contribution in [0.25, 0.3) is 0 Å². The average Bonchev–Trinajstić information content (AvgIpc) is 2.32. The second-order valence-electron chi connectivity index (χ2n) is 3.79. The SMILES string of the molecule is CCOc1cc(Cl)c(C(F)(F)COCC(=O)O)cc1Cl. The first-order valence-electron chi connectivity index (χ1n) is 5.57. The highest BCUT2D eigenvalue weighted by atomic mass is 35.5. The number of rotatable bonds is 7. The van der Waals surface area contributed by atoms with Crippen LogP contribution in [0.5, 0.6) is 5.75 Å². The van der Waals surface area contributed by atoms with Crippen molar-refractivity contribution in [3.05, 3.63) is 27.7 Å². The van der Waals surface area contributed by atoms with Gasteiger partial charge in [-0.25, -0.2) is 4.79 Å². The van der Waals surface area contributed by atoms with Crippen LogP contribution >= 0.6 is 23.2 Å². The van der Waals surface area contributed by atoms with Crippen LogP contribution in [0, 0.1) is 0 Å². The van der Waals surface area contributed by atoms with Gasteiger partial charge in [0.15, 0.2) is 0 Å². The largest absolute Gasteiger partial charge is 0.492 e. The molecule has 4 nitrogen and oxygen atoms in total. The average molecular weight is 329 g/mol. The van der Waals surface area contributed by atoms with Gasteiger partial charge in [0.1, 0.15) is 19.0 Å². The van der Waals surface area contributed by atoms with Crippen molar-refractivity contribution in [3.63, 3.8) is 0 Å². The molecule has 0 unspecified atom stereocenters. The molecule has 0 aromatic heterocycles. The molecule has 0 aliphatic carbocycles. The fraction of sp³-hybridized carbons (Fsp3) is 0.417. The molecule has 0 aliphatic heterocycles. The molecule has 0 amide bonds. The summed E-state index contributed by atoms with van der Waals surface area (Å²) in [6.45, 7) is 0.0985. The van der Waals surface area contributed by atoms with E-state index in [0.717, 1.165) is 6.07 Å². The zero-order valence-corrected chi connectivity index (χ0v) is 12.0. The van der Waals surface area contributed by atoms with Crippen molar-refractivity contribution in [2.75, 3.05) is 19.8 Å². The number of carbonyl (C=O) groups is 1. The minimum absolute atomic E-state index is 0.0100. The molecule has 0 bridgehead atoms. The molecular weight excluding hydrogens is 317 g/mol. The Morgan fingerprint density at radius 3 is 2.55 bits per heavy atom. The van der Waals surface area contributed by atoms with Crippen molar-refractivity contribution in [1.29, 1.82) is 0 Å². The molecule has 20 heavy (non-hydrogen) atoms. The van der Waals surface area contributed by atoms with Crippen LogP contribution in [0.3, 0.4) is 0 Å². The van der Waals surface area contributed by atoms with Crippen LogP contribution in [0.2, 0.25) is 10.0 Å². The summed E-state index contributed by atoms with van der Waals surface area (Å²) in [5.74, 6) is -4.59. The second kappa shape index (κ2) is 7.06. The Hall–Kier alpha value is -1.11. The molecule has 1 aromatic rings. The molecule has 0 radical (unpaired) electrons. The topological polar surface area (TPSA) is 55.8 Å². The molecule has 0 heterocycles. The van der Waals surface area contributed by atoms with Crippen molar-refractivity contribution in [1.82, 2.24) is 0 Å². The highest BCUT2D eigenvalue weighted by molar-refractivity contribution is 6.34. The molecule has 8 heteroatoms. The van der Waals surface area contributed by atoms with Gasteiger partial charge in [-0.15, -0.1) is 0 Å². The van der Waals surface area contributed by atoms with Crippen LogP contribution in [-0.2, 0) is 15.5 Å². The highest BCUT2D eigenvalue weighted by Gasteiger charge is 2.35. The van der Waals surface area contributed by atoms with Gasteiger partial charge < -0.3 is 14.6 Å². The summed E-state index contributed by atoms with van der Waals surface area (Å²) in [6.07, 6.45) is 0. The second-order valence-corrected chi connectivity index (χ2v) is 4.60. The van der Waals surface area contributed by atoms with Crippen molar-refractivity contribution in [2.45, 2.75) is 12.8 Å². The van der Waals surface area contributed by atoms with E-state index in [9.17, 15) is 13.6 Å². The Balaban J connectivity index is 2.94. The van der Waals surface area contributed by atoms with Crippen LogP contribution in [0.1, 0.15) is 12.5 Å². The molecule has 1 aromatic carbocycles. The lowest BCUT2D eigenvalue weighted by molar-refractivity contribution is -0.147. The third kappa shape index (κ3) is 4.47. The van der Waals surface area contributed by atoms with Gasteiger partial charge in [0.05, 0.1) is 16.7 Å². The minimum atomic E-state index is -3.46. The minimum Gasteiger partial charge on any atom is -0.492 e. The maximum atomic E-state index is 13.9. The molecule has 0 atom stereocenters. The fourth-order valence-corrected chi connectivity index (χ4v) is 1.93. The summed E-state index contributed by atoms with van der Waals surface area (Å²) in [7, 11) is 0. The Labute approximate surface area is 124 Å². The van der Waals surface area contributed by atoms with E-state index < -0.39 is 30.7 Å². The van der Waals surface area contributed by atoms with E-state index in [1.807, 2.05) is 0 Å². The van der Waals surface area contributed by atoms with Gasteiger partial charge in [-0.1, -0.05) is 23.2 Å². The molecule has 0 spiro atoms. The Bertz CT molecular complexity index is 495. The van der Waals surface area contributed by atoms with Crippen LogP contribution < -0.4 is 4.74 Å². The monoisotopic (exact) mass is 328 g/mol. The summed E-state index contributed by atoms with van der Waals surface area (Å²) >= 11 is 11.6. The van der Waals surface area contributed by atoms with Crippen molar-refractivity contribution in [3.8, 4) is 5.75 Å². The number of alkyl halides is 2. The first-order valence-corrected chi connectivity index (χ1v) is 6.33. The van der Waals surface area contributed by atoms with E-state index in [2.05, 4.69) is 4.74 Å². The number of halogens is 4. The number of carboxylic acids is 1. The van der Waals surface area contributed by atoms with Crippen LogP contribution in [0.15, 0.2) is 12.1 Å². The summed E-state index contributed by atoms with van der Waals surface area (Å²) in [5, 5.41) is 8.10. The molecule has 0 saturated heterocycles. The predicted octanol–water partition coefficient (Wildman–Crippen LogP) is 3.59. The van der Waals surface area contributed by atoms with Crippen molar-refractivity contribution < 1.29 is 28.2 Å². The van der Waals surface area contributed by atoms with Crippen LogP contribution in [0.4, 0.5) is 8.78 Å². The molecule has 0 saturated carbocycles. The predicted molar refractivity (Wildman–Crippen MR) is 70.0 cm³/mol. The quantitative estimate of drug-likeness (QED) is 0.831. The van der Waals surface area contributed by atoms with Crippen molar-refractivity contribution in [2.24, 2.45) is 0 Å². The lowest BCUT2D eigenvalue weighted by Crippen LogP contribution is -2.23. The molecule has 0 aliphatic rings. The van der Waals surface area contributed by atoms with E-state index in [1.54, 1.807) is 6.92 Å². The molecule has 1 rings (SSSR count). The Kier molecular flexibility index (Phi) is 5.98. The van der Waals surface area contributed by atoms with E-state index >= 15 is 0 Å². The molecule has 1 N–H and O–H groups in total. The summed E-state index contributed by atoms with van der Waals surface area (Å²) in [4.78, 5) is 10.2. The van der Waals surface area contributed by atoms with E-state index in [0.29, 0.717) is 6.61 Å². The summed E-state index contributed by atoms with van der Waals surface area (Å²) in [5.41, 5.74) is -0.544. The standard InChI is InChI=1S/C12H12Cl2F2O4/c1-2-20-10-4-8(13)7(3-9(10)14)12(15,16)6-19-5-11(17)18/h3-4H,2,5-6H2,1H3,(H,17,18).